The van der Waals surface area contributed by atoms with E-state index in [9.17, 15) is 0 Å². The molecular formula is C12H23N3. The van der Waals surface area contributed by atoms with Crippen molar-refractivity contribution in [1.29, 1.82) is 0 Å². The van der Waals surface area contributed by atoms with Crippen LogP contribution in [0.25, 0.3) is 0 Å². The van der Waals surface area contributed by atoms with E-state index in [-0.39, 0.29) is 0 Å². The fourth-order valence-electron chi connectivity index (χ4n) is 1.86. The number of hydrogen-bond donors (Lipinski definition) is 1. The largest absolute Gasteiger partial charge is 0.332 e. The highest BCUT2D eigenvalue weighted by molar-refractivity contribution is 4.94. The van der Waals surface area contributed by atoms with E-state index in [2.05, 4.69) is 41.8 Å². The second kappa shape index (κ2) is 6.62. The third kappa shape index (κ3) is 3.67. The number of rotatable bonds is 7. The summed E-state index contributed by atoms with van der Waals surface area (Å²) >= 11 is 0. The molecule has 0 aliphatic carbocycles. The molecule has 0 amide bonds. The standard InChI is InChI=1S/C12H23N3/c1-4-12-14-9-10-15(12)11(3)7-6-8-13-5-2/h9-11,13H,4-8H2,1-3H3. The Bertz CT molecular complexity index is 268. The van der Waals surface area contributed by atoms with Crippen LogP contribution < -0.4 is 5.32 Å². The van der Waals surface area contributed by atoms with Crippen LogP contribution in [0.5, 0.6) is 0 Å². The van der Waals surface area contributed by atoms with Gasteiger partial charge in [0.05, 0.1) is 0 Å². The molecule has 15 heavy (non-hydrogen) atoms. The second-order valence-corrected chi connectivity index (χ2v) is 3.95. The molecule has 1 aromatic rings. The average Bonchev–Trinajstić information content (AvgIpc) is 2.72. The number of aryl methyl sites for hydroxylation is 1. The predicted molar refractivity (Wildman–Crippen MR) is 64.1 cm³/mol. The Balaban J connectivity index is 2.36. The van der Waals surface area contributed by atoms with Crippen LogP contribution in [-0.4, -0.2) is 22.6 Å². The molecule has 0 aromatic carbocycles. The van der Waals surface area contributed by atoms with Crippen LogP contribution in [0, 0.1) is 0 Å². The minimum atomic E-state index is 0.570. The molecule has 1 N–H and O–H groups in total. The zero-order valence-corrected chi connectivity index (χ0v) is 10.2. The lowest BCUT2D eigenvalue weighted by Crippen LogP contribution is -2.16. The molecule has 1 heterocycles. The van der Waals surface area contributed by atoms with Gasteiger partial charge in [-0.05, 0) is 32.9 Å². The summed E-state index contributed by atoms with van der Waals surface area (Å²) in [6, 6.07) is 0.570. The van der Waals surface area contributed by atoms with Crippen molar-refractivity contribution in [3.05, 3.63) is 18.2 Å². The zero-order chi connectivity index (χ0) is 11.1. The lowest BCUT2D eigenvalue weighted by atomic mass is 10.1. The highest BCUT2D eigenvalue weighted by atomic mass is 15.1. The zero-order valence-electron chi connectivity index (χ0n) is 10.2. The third-order valence-corrected chi connectivity index (χ3v) is 2.77. The van der Waals surface area contributed by atoms with Crippen molar-refractivity contribution in [3.63, 3.8) is 0 Å². The van der Waals surface area contributed by atoms with E-state index in [0.717, 1.165) is 19.5 Å². The van der Waals surface area contributed by atoms with Gasteiger partial charge in [0.15, 0.2) is 0 Å². The van der Waals surface area contributed by atoms with Crippen molar-refractivity contribution in [2.75, 3.05) is 13.1 Å². The van der Waals surface area contributed by atoms with Crippen LogP contribution in [0.3, 0.4) is 0 Å². The normalized spacial score (nSPS) is 13.0. The van der Waals surface area contributed by atoms with E-state index in [1.165, 1.54) is 18.7 Å². The Morgan fingerprint density at radius 1 is 1.47 bits per heavy atom. The van der Waals surface area contributed by atoms with Crippen molar-refractivity contribution in [2.45, 2.75) is 46.1 Å². The summed E-state index contributed by atoms with van der Waals surface area (Å²) < 4.78 is 2.30. The topological polar surface area (TPSA) is 29.9 Å². The fraction of sp³-hybridized carbons (Fsp3) is 0.750. The maximum atomic E-state index is 4.35. The van der Waals surface area contributed by atoms with Gasteiger partial charge in [-0.25, -0.2) is 4.98 Å². The average molecular weight is 209 g/mol. The number of hydrogen-bond acceptors (Lipinski definition) is 2. The van der Waals surface area contributed by atoms with Gasteiger partial charge < -0.3 is 9.88 Å². The Kier molecular flexibility index (Phi) is 5.40. The van der Waals surface area contributed by atoms with Crippen molar-refractivity contribution >= 4 is 0 Å². The first-order valence-corrected chi connectivity index (χ1v) is 6.02. The molecule has 1 unspecified atom stereocenters. The van der Waals surface area contributed by atoms with E-state index in [4.69, 9.17) is 0 Å². The summed E-state index contributed by atoms with van der Waals surface area (Å²) in [5.74, 6) is 1.20. The third-order valence-electron chi connectivity index (χ3n) is 2.77. The number of nitrogens with one attached hydrogen (secondary N) is 1. The molecular weight excluding hydrogens is 186 g/mol. The van der Waals surface area contributed by atoms with Gasteiger partial charge >= 0.3 is 0 Å². The van der Waals surface area contributed by atoms with Crippen LogP contribution in [-0.2, 0) is 6.42 Å². The summed E-state index contributed by atoms with van der Waals surface area (Å²) in [7, 11) is 0. The van der Waals surface area contributed by atoms with E-state index in [1.54, 1.807) is 0 Å². The summed E-state index contributed by atoms with van der Waals surface area (Å²) in [6.07, 6.45) is 7.47. The Morgan fingerprint density at radius 3 is 2.93 bits per heavy atom. The molecule has 1 aromatic heterocycles. The van der Waals surface area contributed by atoms with Crippen molar-refractivity contribution in [1.82, 2.24) is 14.9 Å². The highest BCUT2D eigenvalue weighted by Crippen LogP contribution is 2.15. The lowest BCUT2D eigenvalue weighted by Gasteiger charge is -2.15. The molecule has 3 nitrogen and oxygen atoms in total. The van der Waals surface area contributed by atoms with E-state index < -0.39 is 0 Å². The minimum absolute atomic E-state index is 0.570. The SMILES string of the molecule is CCNCCCC(C)n1ccnc1CC. The molecule has 0 spiro atoms. The first-order chi connectivity index (χ1) is 7.29. The Morgan fingerprint density at radius 2 is 2.27 bits per heavy atom. The fourth-order valence-corrected chi connectivity index (χ4v) is 1.86. The molecule has 0 fully saturated rings. The summed E-state index contributed by atoms with van der Waals surface area (Å²) in [4.78, 5) is 4.35. The summed E-state index contributed by atoms with van der Waals surface area (Å²) in [5.41, 5.74) is 0. The molecule has 1 rings (SSSR count). The molecule has 0 saturated carbocycles. The van der Waals surface area contributed by atoms with Gasteiger partial charge in [0.2, 0.25) is 0 Å². The van der Waals surface area contributed by atoms with Gasteiger partial charge in [-0.15, -0.1) is 0 Å². The molecule has 0 aliphatic heterocycles. The molecule has 0 saturated heterocycles. The smallest absolute Gasteiger partial charge is 0.108 e. The van der Waals surface area contributed by atoms with Gasteiger partial charge in [0.25, 0.3) is 0 Å². The maximum Gasteiger partial charge on any atom is 0.108 e. The van der Waals surface area contributed by atoms with E-state index in [1.807, 2.05) is 6.20 Å². The summed E-state index contributed by atoms with van der Waals surface area (Å²) in [6.45, 7) is 8.77. The van der Waals surface area contributed by atoms with Gasteiger partial charge in [-0.2, -0.15) is 0 Å². The lowest BCUT2D eigenvalue weighted by molar-refractivity contribution is 0.465. The Hall–Kier alpha value is -0.830. The second-order valence-electron chi connectivity index (χ2n) is 3.95. The van der Waals surface area contributed by atoms with Gasteiger partial charge in [0, 0.05) is 24.9 Å². The molecule has 1 atom stereocenters. The van der Waals surface area contributed by atoms with Crippen LogP contribution >= 0.6 is 0 Å². The highest BCUT2D eigenvalue weighted by Gasteiger charge is 2.07. The maximum absolute atomic E-state index is 4.35. The minimum Gasteiger partial charge on any atom is -0.332 e. The first kappa shape index (κ1) is 12.2. The number of imidazole rings is 1. The van der Waals surface area contributed by atoms with E-state index in [0.29, 0.717) is 6.04 Å². The van der Waals surface area contributed by atoms with Crippen LogP contribution in [0.4, 0.5) is 0 Å². The molecule has 0 radical (unpaired) electrons. The Labute approximate surface area is 92.9 Å². The van der Waals surface area contributed by atoms with Crippen molar-refractivity contribution in [2.24, 2.45) is 0 Å². The number of nitrogens with zero attached hydrogens (tertiary/aromatic N) is 2. The van der Waals surface area contributed by atoms with Crippen LogP contribution in [0.2, 0.25) is 0 Å². The van der Waals surface area contributed by atoms with Gasteiger partial charge in [0.1, 0.15) is 5.82 Å². The molecule has 86 valence electrons. The van der Waals surface area contributed by atoms with Crippen molar-refractivity contribution < 1.29 is 0 Å². The van der Waals surface area contributed by atoms with Crippen LogP contribution in [0.1, 0.15) is 45.5 Å². The van der Waals surface area contributed by atoms with Crippen LogP contribution in [0.15, 0.2) is 12.4 Å². The molecule has 3 heteroatoms. The quantitative estimate of drug-likeness (QED) is 0.699. The van der Waals surface area contributed by atoms with E-state index >= 15 is 0 Å². The predicted octanol–water partition coefficient (Wildman–Crippen LogP) is 2.40. The van der Waals surface area contributed by atoms with Gasteiger partial charge in [-0.1, -0.05) is 13.8 Å². The molecule has 0 bridgehead atoms. The summed E-state index contributed by atoms with van der Waals surface area (Å²) in [5, 5.41) is 3.35. The first-order valence-electron chi connectivity index (χ1n) is 6.02. The number of aromatic nitrogens is 2. The van der Waals surface area contributed by atoms with Crippen molar-refractivity contribution in [3.8, 4) is 0 Å². The van der Waals surface area contributed by atoms with Gasteiger partial charge in [-0.3, -0.25) is 0 Å². The monoisotopic (exact) mass is 209 g/mol. The molecule has 0 aliphatic rings.